The van der Waals surface area contributed by atoms with Gasteiger partial charge in [0.05, 0.1) is 58.9 Å². The first-order chi connectivity index (χ1) is 42.8. The minimum absolute atomic E-state index is 0.0268. The van der Waals surface area contributed by atoms with Gasteiger partial charge >= 0.3 is 47.8 Å². The smallest absolute Gasteiger partial charge is 0.323 e. The second-order valence-corrected chi connectivity index (χ2v) is 31.4. The van der Waals surface area contributed by atoms with Crippen LogP contribution in [0.5, 0.6) is 0 Å². The Balaban J connectivity index is 0.000000864. The number of benzene rings is 3. The van der Waals surface area contributed by atoms with Gasteiger partial charge in [-0.25, -0.2) is 0 Å². The van der Waals surface area contributed by atoms with Gasteiger partial charge in [-0.15, -0.1) is 0 Å². The lowest BCUT2D eigenvalue weighted by Gasteiger charge is -2.41. The quantitative estimate of drug-likeness (QED) is 0.0184. The molecule has 0 bridgehead atoms. The average Bonchev–Trinajstić information content (AvgIpc) is 0.783. The summed E-state index contributed by atoms with van der Waals surface area (Å²) in [4.78, 5) is 103. The van der Waals surface area contributed by atoms with E-state index < -0.39 is 100 Å². The van der Waals surface area contributed by atoms with E-state index in [2.05, 4.69) is 6.58 Å². The third-order valence-electron chi connectivity index (χ3n) is 16.7. The van der Waals surface area contributed by atoms with Crippen molar-refractivity contribution in [2.45, 2.75) is 116 Å². The maximum absolute atomic E-state index is 13.7. The minimum atomic E-state index is -1.72. The van der Waals surface area contributed by atoms with Gasteiger partial charge < -0.3 is 58.3 Å². The number of thiocarbonyl (C=S) groups is 2. The van der Waals surface area contributed by atoms with Crippen molar-refractivity contribution in [1.82, 2.24) is 0 Å². The van der Waals surface area contributed by atoms with Crippen LogP contribution in [-0.2, 0) is 76.3 Å². The molecule has 6 atom stereocenters. The second kappa shape index (κ2) is 38.8. The summed E-state index contributed by atoms with van der Waals surface area (Å²) in [7, 11) is 5.80. The largest absolute Gasteiger partial charge is 0.481 e. The summed E-state index contributed by atoms with van der Waals surface area (Å²) in [6.45, 7) is 21.3. The van der Waals surface area contributed by atoms with Crippen LogP contribution in [0.25, 0.3) is 6.08 Å². The number of carboxylic acids is 4. The monoisotopic (exact) mass is 1400 g/mol. The van der Waals surface area contributed by atoms with Crippen LogP contribution in [0, 0.1) is 32.5 Å². The maximum atomic E-state index is 13.7. The fourth-order valence-electron chi connectivity index (χ4n) is 8.12. The van der Waals surface area contributed by atoms with Crippen LogP contribution in [0.3, 0.4) is 0 Å². The predicted molar refractivity (Wildman–Crippen MR) is 370 cm³/mol. The summed E-state index contributed by atoms with van der Waals surface area (Å²) in [6, 6.07) is 28.8. The molecule has 0 heterocycles. The summed E-state index contributed by atoms with van der Waals surface area (Å²) in [5.41, 5.74) is -6.51. The molecule has 3 rings (SSSR count). The lowest BCUT2D eigenvalue weighted by atomic mass is 9.63. The molecule has 0 amide bonds. The number of aliphatic carboxylic acids is 4. The molecule has 0 aromatic heterocycles. The van der Waals surface area contributed by atoms with E-state index in [1.807, 2.05) is 97.1 Å². The Bertz CT molecular complexity index is 2760. The van der Waals surface area contributed by atoms with Crippen molar-refractivity contribution in [3.8, 4) is 0 Å². The molecule has 0 saturated carbocycles. The first-order valence-corrected chi connectivity index (χ1v) is 33.1. The standard InChI is InChI=1S/C37H50O10S3.C21H34O10S3.C8H8/c1-34(2,29(38)39)36(5,31(42)46-21-19-44-7)23-27(25-15-11-9-12-16-25)49-33(48)50-28(26-17-13-10-14-18-26)24-37(6,35(3,4)30(40)41)32(43)47-22-20-45-8;1-18(2,13(22)23)20(5,15(26)30-11-9-28-7)33-17(32)34-21(6,19(3,4)14(24)25)16(27)31-12-10-29-8;1-2-8-6-4-3-5-7-8/h9-18,27-28H,19-24H2,1-8H3,(H,38,39)(H,40,41);9-12H2,1-8H3,(H,22,23)(H,24,25);2-7H,1H2. The predicted octanol–water partition coefficient (Wildman–Crippen LogP) is 12.8. The summed E-state index contributed by atoms with van der Waals surface area (Å²) in [5, 5.41) is 39.2. The third-order valence-corrected chi connectivity index (χ3v) is 23.2. The van der Waals surface area contributed by atoms with Gasteiger partial charge in [-0.3, -0.25) is 38.4 Å². The van der Waals surface area contributed by atoms with E-state index in [1.165, 1.54) is 127 Å². The van der Waals surface area contributed by atoms with E-state index in [1.54, 1.807) is 13.8 Å². The highest BCUT2D eigenvalue weighted by Gasteiger charge is 2.59. The number of rotatable bonds is 35. The normalized spacial score (nSPS) is 14.9. The SMILES string of the molecule is C=Cc1ccccc1.COCCOC(=O)C(C)(CC(SC(=S)SC(CC(C)(C(=O)OCCOC)C(C)(C)C(=O)O)c1ccccc1)c1ccccc1)C(C)(C)C(=O)O.COCCOC(=O)C(C)(SC(=S)SC(C)(C(=O)OCCOC)C(C)(C)C(=O)O)C(C)(C)C(=O)O. The number of esters is 4. The first-order valence-electron chi connectivity index (χ1n) is 28.9. The fraction of sp³-hybridized carbons (Fsp3) is 0.545. The Morgan fingerprint density at radius 3 is 0.913 bits per heavy atom. The number of carbonyl (C=O) groups excluding carboxylic acids is 4. The summed E-state index contributed by atoms with van der Waals surface area (Å²) in [5.74, 6) is -7.86. The van der Waals surface area contributed by atoms with Gasteiger partial charge in [0.15, 0.2) is 0 Å². The molecular formula is C66H92O20S6. The Morgan fingerprint density at radius 2 is 0.674 bits per heavy atom. The highest BCUT2D eigenvalue weighted by Crippen LogP contribution is 2.55. The Morgan fingerprint density at radius 1 is 0.413 bits per heavy atom. The van der Waals surface area contributed by atoms with Gasteiger partial charge in [0.2, 0.25) is 0 Å². The van der Waals surface area contributed by atoms with E-state index >= 15 is 0 Å². The van der Waals surface area contributed by atoms with Gasteiger partial charge in [-0.2, -0.15) is 0 Å². The van der Waals surface area contributed by atoms with Gasteiger partial charge in [0.25, 0.3) is 0 Å². The lowest BCUT2D eigenvalue weighted by Crippen LogP contribution is -2.54. The molecule has 3 aromatic carbocycles. The maximum Gasteiger partial charge on any atom is 0.323 e. The molecule has 4 N–H and O–H groups in total. The van der Waals surface area contributed by atoms with Crippen molar-refractivity contribution < 1.29 is 96.7 Å². The van der Waals surface area contributed by atoms with E-state index in [4.69, 9.17) is 62.3 Å². The van der Waals surface area contributed by atoms with Gasteiger partial charge in [0, 0.05) is 38.9 Å². The van der Waals surface area contributed by atoms with Crippen molar-refractivity contribution in [2.24, 2.45) is 32.5 Å². The van der Waals surface area contributed by atoms with E-state index in [-0.39, 0.29) is 69.2 Å². The van der Waals surface area contributed by atoms with Crippen molar-refractivity contribution in [3.63, 3.8) is 0 Å². The molecule has 92 heavy (non-hydrogen) atoms. The number of carboxylic acid groups (broad SMARTS) is 4. The molecule has 0 aliphatic rings. The van der Waals surface area contributed by atoms with E-state index in [9.17, 15) is 58.8 Å². The van der Waals surface area contributed by atoms with Crippen LogP contribution in [0.15, 0.2) is 97.6 Å². The molecule has 0 saturated heterocycles. The molecule has 0 aliphatic carbocycles. The zero-order chi connectivity index (χ0) is 70.5. The van der Waals surface area contributed by atoms with Crippen molar-refractivity contribution in [3.05, 3.63) is 114 Å². The Labute approximate surface area is 569 Å². The second-order valence-electron chi connectivity index (χ2n) is 23.7. The number of hydrogen-bond donors (Lipinski definition) is 4. The number of hydrogen-bond acceptors (Lipinski definition) is 22. The van der Waals surface area contributed by atoms with Gasteiger partial charge in [-0.1, -0.05) is 175 Å². The van der Waals surface area contributed by atoms with Crippen LogP contribution in [0.1, 0.15) is 123 Å². The van der Waals surface area contributed by atoms with Crippen LogP contribution >= 0.6 is 71.5 Å². The topological polar surface area (TPSA) is 291 Å². The lowest BCUT2D eigenvalue weighted by molar-refractivity contribution is -0.175. The summed E-state index contributed by atoms with van der Waals surface area (Å²) < 4.78 is 38.3. The molecule has 0 radical (unpaired) electrons. The van der Waals surface area contributed by atoms with Crippen LogP contribution in [-0.4, -0.2) is 166 Å². The molecule has 0 aliphatic heterocycles. The summed E-state index contributed by atoms with van der Waals surface area (Å²) >= 11 is 15.5. The third kappa shape index (κ3) is 22.9. The van der Waals surface area contributed by atoms with Crippen molar-refractivity contribution >= 4 is 132 Å². The molecule has 6 unspecified atom stereocenters. The zero-order valence-electron chi connectivity index (χ0n) is 55.4. The van der Waals surface area contributed by atoms with Crippen LogP contribution < -0.4 is 0 Å². The molecule has 3 aromatic rings. The zero-order valence-corrected chi connectivity index (χ0v) is 60.3. The van der Waals surface area contributed by atoms with Crippen molar-refractivity contribution in [1.29, 1.82) is 0 Å². The molecule has 26 heteroatoms. The number of ether oxygens (including phenoxy) is 8. The molecule has 512 valence electrons. The highest BCUT2D eigenvalue weighted by atomic mass is 32.2. The Hall–Kier alpha value is -5.42. The minimum Gasteiger partial charge on any atom is -0.481 e. The number of carbonyl (C=O) groups is 8. The molecule has 20 nitrogen and oxygen atoms in total. The average molecular weight is 1400 g/mol. The van der Waals surface area contributed by atoms with Crippen LogP contribution in [0.2, 0.25) is 0 Å². The number of methoxy groups -OCH3 is 4. The van der Waals surface area contributed by atoms with E-state index in [0.717, 1.165) is 34.7 Å². The molecule has 0 spiro atoms. The molecular weight excluding hydrogens is 1310 g/mol. The number of thioether (sulfide) groups is 4. The van der Waals surface area contributed by atoms with Gasteiger partial charge in [0.1, 0.15) is 43.0 Å². The van der Waals surface area contributed by atoms with Crippen LogP contribution in [0.4, 0.5) is 0 Å². The summed E-state index contributed by atoms with van der Waals surface area (Å²) in [6.07, 6.45) is 1.97. The first kappa shape index (κ1) is 84.6. The molecule has 0 fully saturated rings. The van der Waals surface area contributed by atoms with Gasteiger partial charge in [-0.05, 0) is 113 Å². The van der Waals surface area contributed by atoms with Crippen molar-refractivity contribution in [2.75, 3.05) is 81.3 Å². The fourth-order valence-corrected chi connectivity index (χ4v) is 15.4. The highest BCUT2D eigenvalue weighted by molar-refractivity contribution is 8.48. The Kier molecular flexibility index (Phi) is 35.7. The van der Waals surface area contributed by atoms with E-state index in [0.29, 0.717) is 3.53 Å².